The highest BCUT2D eigenvalue weighted by Gasteiger charge is 2.28. The third kappa shape index (κ3) is 14.3. The van der Waals surface area contributed by atoms with E-state index in [1.807, 2.05) is 0 Å². The standard InChI is InChI=1S/C44H36N14O20S6/c59-35-31-19(15-29(83(73,74)75)33(35)57-55-25-7-3-1-5-23(25)37(61)62)13-21(81(67,68)69)17-27(31)47-41-49-39(51-43(65)53-41)45-9-11-79-80-12-10-46-40-50-42(54-44(66)52-40)48-28-18-22(82(70,71)72)14-20-16-30(84(76,77)78)34(36(60)32(20)28)58-56-26-8-4-2-6-24(26)38(63)64/h1-8,13-18,59-60H,9-12H2,(H,61,62)(H,63,64)(H,67,68,69)(H,70,71,72)(H,73,74,75)(H,76,77,78)(H3,45,47,49,51,53,65)(H3,46,48,50,52,54,66)/b57-55+,58-56+. The van der Waals surface area contributed by atoms with Crippen LogP contribution in [0.15, 0.2) is 135 Å². The highest BCUT2D eigenvalue weighted by molar-refractivity contribution is 8.76. The Balaban J connectivity index is 0.948. The minimum Gasteiger partial charge on any atom is -0.505 e. The number of phenolic OH excluding ortho intramolecular Hbond substituents is 2. The average Bonchev–Trinajstić information content (AvgIpc) is 1.07. The van der Waals surface area contributed by atoms with E-state index >= 15 is 0 Å². The van der Waals surface area contributed by atoms with Crippen molar-refractivity contribution in [3.05, 3.63) is 117 Å². The van der Waals surface area contributed by atoms with Gasteiger partial charge >= 0.3 is 23.3 Å². The second kappa shape index (κ2) is 24.3. The molecule has 84 heavy (non-hydrogen) atoms. The number of aromatic amines is 2. The lowest BCUT2D eigenvalue weighted by Crippen LogP contribution is -2.19. The molecule has 8 rings (SSSR count). The minimum absolute atomic E-state index is 0.120. The van der Waals surface area contributed by atoms with Crippen LogP contribution < -0.4 is 32.6 Å². The fraction of sp³-hybridized carbons (Fsp3) is 0.0909. The number of carboxylic acid groups (broad SMARTS) is 2. The van der Waals surface area contributed by atoms with Gasteiger partial charge in [0.15, 0.2) is 11.5 Å². The maximum absolute atomic E-state index is 12.7. The number of fused-ring (bicyclic) bond motifs is 2. The lowest BCUT2D eigenvalue weighted by atomic mass is 10.1. The number of carboxylic acids is 2. The second-order valence-electron chi connectivity index (χ2n) is 16.6. The molecule has 0 radical (unpaired) electrons. The van der Waals surface area contributed by atoms with Gasteiger partial charge in [-0.25, -0.2) is 19.2 Å². The van der Waals surface area contributed by atoms with Crippen LogP contribution in [0.2, 0.25) is 0 Å². The van der Waals surface area contributed by atoms with E-state index in [-0.39, 0.29) is 47.5 Å². The summed E-state index contributed by atoms with van der Waals surface area (Å²) in [5.41, 5.74) is -6.32. The topological polar surface area (TPSA) is 547 Å². The van der Waals surface area contributed by atoms with Crippen molar-refractivity contribution in [2.24, 2.45) is 20.5 Å². The molecule has 2 aromatic heterocycles. The Morgan fingerprint density at radius 3 is 1.20 bits per heavy atom. The molecule has 6 aromatic carbocycles. The molecular formula is C44H36N14O20S6. The summed E-state index contributed by atoms with van der Waals surface area (Å²) in [5.74, 6) is -5.63. The highest BCUT2D eigenvalue weighted by Crippen LogP contribution is 2.47. The van der Waals surface area contributed by atoms with E-state index in [0.29, 0.717) is 23.6 Å². The van der Waals surface area contributed by atoms with Crippen LogP contribution in [0.5, 0.6) is 11.5 Å². The lowest BCUT2D eigenvalue weighted by Gasteiger charge is -2.15. The van der Waals surface area contributed by atoms with E-state index in [1.54, 1.807) is 0 Å². The summed E-state index contributed by atoms with van der Waals surface area (Å²) in [4.78, 5) is 65.0. The molecule has 0 bridgehead atoms. The van der Waals surface area contributed by atoms with Gasteiger partial charge in [-0.2, -0.15) is 53.6 Å². The normalized spacial score (nSPS) is 12.3. The maximum Gasteiger partial charge on any atom is 0.373 e. The SMILES string of the molecule is O=C(O)c1ccccc1/N=N/c1c(S(=O)(=O)O)cc2cc(S(=O)(=O)O)cc(Nc3nc(=O)nc(NCCSSCCNc4nc(=O)nc(Nc5cc(S(=O)(=O)O)cc6cc(S(=O)(=O)O)c(/N=N/c7ccccc7C(=O)O)c(O)c56)[nH]4)[nH]3)c2c1O. The number of azo groups is 2. The second-order valence-corrected chi connectivity index (χ2v) is 25.0. The lowest BCUT2D eigenvalue weighted by molar-refractivity contribution is 0.0687. The third-order valence-corrected chi connectivity index (χ3v) is 16.8. The fourth-order valence-corrected chi connectivity index (χ4v) is 11.8. The summed E-state index contributed by atoms with van der Waals surface area (Å²) >= 11 is 0. The molecule has 0 spiro atoms. The molecule has 0 aliphatic rings. The van der Waals surface area contributed by atoms with Crippen molar-refractivity contribution in [2.45, 2.75) is 19.6 Å². The van der Waals surface area contributed by atoms with Crippen LogP contribution >= 0.6 is 21.6 Å². The number of benzene rings is 6. The van der Waals surface area contributed by atoms with Gasteiger partial charge in [0.05, 0.1) is 32.3 Å². The molecule has 8 aromatic rings. The van der Waals surface area contributed by atoms with Gasteiger partial charge in [-0.05, 0) is 71.4 Å². The van der Waals surface area contributed by atoms with Gasteiger partial charge in [-0.1, -0.05) is 45.9 Å². The van der Waals surface area contributed by atoms with Crippen LogP contribution in [-0.2, 0) is 40.5 Å². The van der Waals surface area contributed by atoms with Crippen LogP contribution in [0.4, 0.5) is 57.9 Å². The van der Waals surface area contributed by atoms with Crippen molar-refractivity contribution in [1.29, 1.82) is 0 Å². The molecule has 0 amide bonds. The molecule has 0 unspecified atom stereocenters. The van der Waals surface area contributed by atoms with Crippen molar-refractivity contribution in [2.75, 3.05) is 45.9 Å². The van der Waals surface area contributed by atoms with Crippen LogP contribution in [0.25, 0.3) is 21.5 Å². The summed E-state index contributed by atoms with van der Waals surface area (Å²) in [7, 11) is -18.1. The van der Waals surface area contributed by atoms with Crippen LogP contribution in [-0.4, -0.2) is 139 Å². The summed E-state index contributed by atoms with van der Waals surface area (Å²) < 4.78 is 140. The number of rotatable bonds is 23. The Morgan fingerprint density at radius 1 is 0.500 bits per heavy atom. The average molecular weight is 1270 g/mol. The van der Waals surface area contributed by atoms with Crippen molar-refractivity contribution in [3.63, 3.8) is 0 Å². The zero-order valence-corrected chi connectivity index (χ0v) is 46.3. The minimum atomic E-state index is -5.29. The first-order valence-corrected chi connectivity index (χ1v) is 31.0. The number of nitrogens with zero attached hydrogens (tertiary/aromatic N) is 8. The molecule has 0 fully saturated rings. The quantitative estimate of drug-likeness (QED) is 0.0152. The van der Waals surface area contributed by atoms with Crippen molar-refractivity contribution < 1.29 is 81.9 Å². The predicted molar refractivity (Wildman–Crippen MR) is 299 cm³/mol. The number of hydrogen-bond donors (Lipinski definition) is 14. The molecule has 0 saturated carbocycles. The number of nitrogens with one attached hydrogen (secondary N) is 6. The number of anilines is 6. The van der Waals surface area contributed by atoms with E-state index in [1.165, 1.54) is 58.0 Å². The van der Waals surface area contributed by atoms with Gasteiger partial charge in [0.25, 0.3) is 40.5 Å². The Bertz CT molecular complexity index is 4390. The number of aromatic carboxylic acids is 2. The van der Waals surface area contributed by atoms with Crippen LogP contribution in [0.3, 0.4) is 0 Å². The largest absolute Gasteiger partial charge is 0.505 e. The number of H-pyrrole nitrogens is 2. The summed E-state index contributed by atoms with van der Waals surface area (Å²) in [6.07, 6.45) is 0. The van der Waals surface area contributed by atoms with Crippen molar-refractivity contribution >= 4 is 153 Å². The predicted octanol–water partition coefficient (Wildman–Crippen LogP) is 5.97. The molecule has 14 N–H and O–H groups in total. The summed E-state index contributed by atoms with van der Waals surface area (Å²) in [6.45, 7) is 0.239. The number of aromatic hydroxyl groups is 2. The first kappa shape index (κ1) is 60.8. The number of hydrogen-bond acceptors (Lipinski definition) is 28. The van der Waals surface area contributed by atoms with Gasteiger partial charge in [0, 0.05) is 35.4 Å². The van der Waals surface area contributed by atoms with E-state index in [4.69, 9.17) is 0 Å². The van der Waals surface area contributed by atoms with E-state index in [0.717, 1.165) is 36.4 Å². The first-order valence-electron chi connectivity index (χ1n) is 22.7. The number of phenols is 2. The molecule has 0 atom stereocenters. The first-order chi connectivity index (χ1) is 39.5. The molecule has 0 aliphatic heterocycles. The fourth-order valence-electron chi connectivity index (χ4n) is 7.54. The van der Waals surface area contributed by atoms with Gasteiger partial charge in [0.2, 0.25) is 23.8 Å². The Hall–Kier alpha value is -9.26. The third-order valence-electron chi connectivity index (χ3n) is 11.0. The van der Waals surface area contributed by atoms with E-state index in [2.05, 4.69) is 71.6 Å². The van der Waals surface area contributed by atoms with E-state index < -0.39 is 151 Å². The van der Waals surface area contributed by atoms with Gasteiger partial charge < -0.3 is 41.7 Å². The van der Waals surface area contributed by atoms with E-state index in [9.17, 15) is 91.5 Å². The van der Waals surface area contributed by atoms with Crippen molar-refractivity contribution in [3.8, 4) is 11.5 Å². The monoisotopic (exact) mass is 1270 g/mol. The molecule has 0 saturated heterocycles. The molecule has 0 aliphatic carbocycles. The zero-order valence-electron chi connectivity index (χ0n) is 41.4. The molecule has 2 heterocycles. The Labute approximate surface area is 477 Å². The zero-order chi connectivity index (χ0) is 61.1. The highest BCUT2D eigenvalue weighted by atomic mass is 33.1. The Kier molecular flexibility index (Phi) is 17.6. The maximum atomic E-state index is 12.7. The summed E-state index contributed by atoms with van der Waals surface area (Å²) in [5, 5.41) is 66.2. The van der Waals surface area contributed by atoms with Crippen LogP contribution in [0.1, 0.15) is 20.7 Å². The molecule has 40 heteroatoms. The number of carbonyl (C=O) groups is 2. The molecular weight excluding hydrogens is 1240 g/mol. The number of aromatic nitrogens is 6. The molecule has 438 valence electrons. The van der Waals surface area contributed by atoms with Crippen LogP contribution in [0, 0.1) is 0 Å². The van der Waals surface area contributed by atoms with Crippen molar-refractivity contribution in [1.82, 2.24) is 29.9 Å². The Morgan fingerprint density at radius 2 is 0.857 bits per heavy atom. The summed E-state index contributed by atoms with van der Waals surface area (Å²) in [6, 6.07) is 14.6. The van der Waals surface area contributed by atoms with Gasteiger partial charge in [-0.15, -0.1) is 20.5 Å². The smallest absolute Gasteiger partial charge is 0.373 e. The van der Waals surface area contributed by atoms with Gasteiger partial charge in [-0.3, -0.25) is 28.2 Å². The van der Waals surface area contributed by atoms with Gasteiger partial charge in [0.1, 0.15) is 32.5 Å². The molecule has 34 nitrogen and oxygen atoms in total.